The minimum atomic E-state index is -1.10. The third-order valence-electron chi connectivity index (χ3n) is 3.40. The number of hydrogen-bond acceptors (Lipinski definition) is 5. The van der Waals surface area contributed by atoms with Crippen LogP contribution in [0.15, 0.2) is 18.5 Å². The lowest BCUT2D eigenvalue weighted by atomic mass is 10.0. The number of halogens is 1. The van der Waals surface area contributed by atoms with E-state index in [4.69, 9.17) is 10.5 Å². The maximum absolute atomic E-state index is 14.1. The van der Waals surface area contributed by atoms with E-state index < -0.39 is 23.9 Å². The molecule has 122 valence electrons. The second kappa shape index (κ2) is 6.37. The predicted molar refractivity (Wildman–Crippen MR) is 83.5 cm³/mol. The van der Waals surface area contributed by atoms with Crippen molar-refractivity contribution in [3.63, 3.8) is 0 Å². The number of nitrogens with one attached hydrogen (secondary N) is 1. The molecule has 1 aromatic rings. The molecule has 1 amide bonds. The largest absolute Gasteiger partial charge is 0.444 e. The summed E-state index contributed by atoms with van der Waals surface area (Å²) in [7, 11) is 0. The Morgan fingerprint density at radius 3 is 2.91 bits per heavy atom. The monoisotopic (exact) mass is 310 g/mol. The van der Waals surface area contributed by atoms with Crippen LogP contribution < -0.4 is 16.0 Å². The van der Waals surface area contributed by atoms with Gasteiger partial charge in [0.2, 0.25) is 0 Å². The number of carbonyl (C=O) groups excluding carboxylic acids is 1. The van der Waals surface area contributed by atoms with E-state index in [2.05, 4.69) is 10.3 Å². The first-order valence-electron chi connectivity index (χ1n) is 7.34. The maximum Gasteiger partial charge on any atom is 0.408 e. The molecule has 0 aliphatic carbocycles. The zero-order chi connectivity index (χ0) is 16.3. The van der Waals surface area contributed by atoms with Gasteiger partial charge in [-0.25, -0.2) is 9.18 Å². The lowest BCUT2D eigenvalue weighted by molar-refractivity contribution is 0.0466. The molecular formula is C15H23FN4O2. The molecule has 1 aromatic heterocycles. The van der Waals surface area contributed by atoms with Gasteiger partial charge in [0.1, 0.15) is 11.8 Å². The number of amides is 1. The van der Waals surface area contributed by atoms with Gasteiger partial charge in [0, 0.05) is 19.3 Å². The van der Waals surface area contributed by atoms with E-state index in [1.165, 1.54) is 0 Å². The second-order valence-corrected chi connectivity index (χ2v) is 6.44. The first-order chi connectivity index (χ1) is 10.3. The molecule has 1 fully saturated rings. The highest BCUT2D eigenvalue weighted by Gasteiger charge is 2.32. The summed E-state index contributed by atoms with van der Waals surface area (Å²) in [5, 5.41) is 2.61. The van der Waals surface area contributed by atoms with Crippen molar-refractivity contribution < 1.29 is 13.9 Å². The number of alkyl carbamates (subject to hydrolysis) is 1. The highest BCUT2D eigenvalue weighted by Crippen LogP contribution is 2.26. The van der Waals surface area contributed by atoms with Crippen molar-refractivity contribution in [3.8, 4) is 0 Å². The number of hydrogen-bond donors (Lipinski definition) is 2. The van der Waals surface area contributed by atoms with Crippen LogP contribution in [0, 0.1) is 0 Å². The maximum atomic E-state index is 14.1. The second-order valence-electron chi connectivity index (χ2n) is 6.44. The molecule has 0 saturated carbocycles. The summed E-state index contributed by atoms with van der Waals surface area (Å²) < 4.78 is 19.3. The molecule has 0 radical (unpaired) electrons. The summed E-state index contributed by atoms with van der Waals surface area (Å²) in [5.74, 6) is 0. The number of ether oxygens (including phenoxy) is 1. The Morgan fingerprint density at radius 2 is 2.27 bits per heavy atom. The molecule has 0 spiro atoms. The van der Waals surface area contributed by atoms with Crippen molar-refractivity contribution in [2.75, 3.05) is 23.7 Å². The van der Waals surface area contributed by atoms with Crippen molar-refractivity contribution in [1.82, 2.24) is 10.3 Å². The number of nitrogens with zero attached hydrogens (tertiary/aromatic N) is 2. The van der Waals surface area contributed by atoms with Gasteiger partial charge in [0.25, 0.3) is 0 Å². The quantitative estimate of drug-likeness (QED) is 0.874. The van der Waals surface area contributed by atoms with E-state index in [1.807, 2.05) is 4.90 Å². The van der Waals surface area contributed by atoms with E-state index in [0.717, 1.165) is 5.69 Å². The van der Waals surface area contributed by atoms with Gasteiger partial charge in [-0.3, -0.25) is 4.98 Å². The molecule has 2 unspecified atom stereocenters. The van der Waals surface area contributed by atoms with Crippen LogP contribution in [-0.4, -0.2) is 42.0 Å². The van der Waals surface area contributed by atoms with E-state index >= 15 is 0 Å². The average molecular weight is 310 g/mol. The number of piperidine rings is 1. The minimum absolute atomic E-state index is 0.322. The highest BCUT2D eigenvalue weighted by atomic mass is 19.1. The zero-order valence-corrected chi connectivity index (χ0v) is 13.2. The van der Waals surface area contributed by atoms with E-state index in [9.17, 15) is 9.18 Å². The molecule has 0 aromatic carbocycles. The molecule has 0 bridgehead atoms. The summed E-state index contributed by atoms with van der Waals surface area (Å²) in [5.41, 5.74) is 6.64. The molecule has 6 nitrogen and oxygen atoms in total. The van der Waals surface area contributed by atoms with E-state index in [1.54, 1.807) is 39.2 Å². The van der Waals surface area contributed by atoms with Crippen LogP contribution >= 0.6 is 0 Å². The Morgan fingerprint density at radius 1 is 1.55 bits per heavy atom. The van der Waals surface area contributed by atoms with Gasteiger partial charge < -0.3 is 20.7 Å². The Labute approximate surface area is 129 Å². The number of aromatic nitrogens is 1. The van der Waals surface area contributed by atoms with Crippen LogP contribution in [0.3, 0.4) is 0 Å². The number of anilines is 2. The zero-order valence-electron chi connectivity index (χ0n) is 13.2. The van der Waals surface area contributed by atoms with Gasteiger partial charge >= 0.3 is 6.09 Å². The van der Waals surface area contributed by atoms with Crippen molar-refractivity contribution in [1.29, 1.82) is 0 Å². The summed E-state index contributed by atoms with van der Waals surface area (Å²) in [6, 6.07) is 1.16. The van der Waals surface area contributed by atoms with Crippen LogP contribution in [0.4, 0.5) is 20.6 Å². The highest BCUT2D eigenvalue weighted by molar-refractivity contribution is 5.69. The van der Waals surface area contributed by atoms with Crippen LogP contribution in [0.2, 0.25) is 0 Å². The summed E-state index contributed by atoms with van der Waals surface area (Å²) in [6.45, 7) is 6.19. The van der Waals surface area contributed by atoms with Gasteiger partial charge in [0.05, 0.1) is 23.6 Å². The van der Waals surface area contributed by atoms with Gasteiger partial charge in [-0.1, -0.05) is 0 Å². The Bertz CT molecular complexity index is 533. The topological polar surface area (TPSA) is 80.5 Å². The predicted octanol–water partition coefficient (Wildman–Crippen LogP) is 2.11. The summed E-state index contributed by atoms with van der Waals surface area (Å²) in [4.78, 5) is 17.7. The molecule has 2 rings (SSSR count). The summed E-state index contributed by atoms with van der Waals surface area (Å²) in [6.07, 6.45) is 1.82. The summed E-state index contributed by atoms with van der Waals surface area (Å²) >= 11 is 0. The standard InChI is InChI=1S/C15H23FN4O2/c1-15(2,3)22-14(21)19-12-9-20(7-5-10(12)16)13-4-6-18-8-11(13)17/h4,6,8,10,12H,5,7,9,17H2,1-3H3,(H,19,21). The average Bonchev–Trinajstić information content (AvgIpc) is 2.40. The molecule has 2 atom stereocenters. The Hall–Kier alpha value is -2.05. The number of alkyl halides is 1. The van der Waals surface area contributed by atoms with Gasteiger partial charge in [-0.2, -0.15) is 0 Å². The van der Waals surface area contributed by atoms with Crippen LogP contribution in [0.1, 0.15) is 27.2 Å². The number of rotatable bonds is 2. The number of nitrogen functional groups attached to an aromatic ring is 1. The molecule has 3 N–H and O–H groups in total. The van der Waals surface area contributed by atoms with Gasteiger partial charge in [-0.05, 0) is 33.3 Å². The minimum Gasteiger partial charge on any atom is -0.444 e. The fraction of sp³-hybridized carbons (Fsp3) is 0.600. The third-order valence-corrected chi connectivity index (χ3v) is 3.40. The lowest BCUT2D eigenvalue weighted by Gasteiger charge is -2.37. The van der Waals surface area contributed by atoms with Crippen molar-refractivity contribution in [3.05, 3.63) is 18.5 Å². The smallest absolute Gasteiger partial charge is 0.408 e. The third kappa shape index (κ3) is 4.22. The molecule has 1 saturated heterocycles. The molecule has 2 heterocycles. The number of carbonyl (C=O) groups is 1. The van der Waals surface area contributed by atoms with Crippen molar-refractivity contribution in [2.24, 2.45) is 0 Å². The van der Waals surface area contributed by atoms with Crippen molar-refractivity contribution in [2.45, 2.75) is 45.0 Å². The molecule has 7 heteroatoms. The normalized spacial score (nSPS) is 22.3. The number of pyridine rings is 1. The Kier molecular flexibility index (Phi) is 4.73. The van der Waals surface area contributed by atoms with Crippen LogP contribution in [0.25, 0.3) is 0 Å². The molecular weight excluding hydrogens is 287 g/mol. The van der Waals surface area contributed by atoms with Crippen molar-refractivity contribution >= 4 is 17.5 Å². The van der Waals surface area contributed by atoms with E-state index in [0.29, 0.717) is 25.2 Å². The molecule has 1 aliphatic rings. The SMILES string of the molecule is CC(C)(C)OC(=O)NC1CN(c2ccncc2N)CCC1F. The first kappa shape index (κ1) is 16.3. The fourth-order valence-corrected chi connectivity index (χ4v) is 2.42. The molecule has 1 aliphatic heterocycles. The Balaban J connectivity index is 2.02. The van der Waals surface area contributed by atoms with E-state index in [-0.39, 0.29) is 0 Å². The van der Waals surface area contributed by atoms with Gasteiger partial charge in [0.15, 0.2) is 0 Å². The first-order valence-corrected chi connectivity index (χ1v) is 7.34. The number of nitrogens with two attached hydrogens (primary N) is 1. The molecule has 22 heavy (non-hydrogen) atoms. The van der Waals surface area contributed by atoms with Gasteiger partial charge in [-0.15, -0.1) is 0 Å². The lowest BCUT2D eigenvalue weighted by Crippen LogP contribution is -2.54. The fourth-order valence-electron chi connectivity index (χ4n) is 2.42. The van der Waals surface area contributed by atoms with Crippen LogP contribution in [-0.2, 0) is 4.74 Å². The van der Waals surface area contributed by atoms with Crippen LogP contribution in [0.5, 0.6) is 0 Å².